The molecule has 1 aliphatic rings. The Hall–Kier alpha value is -2.35. The number of benzene rings is 1. The molecule has 0 radical (unpaired) electrons. The zero-order chi connectivity index (χ0) is 20.3. The number of hydrogen-bond acceptors (Lipinski definition) is 6. The summed E-state index contributed by atoms with van der Waals surface area (Å²) >= 11 is 0. The number of morpholine rings is 1. The first kappa shape index (κ1) is 21.4. The quantitative estimate of drug-likeness (QED) is 0.615. The molecule has 2 aromatic rings. The molecule has 0 spiro atoms. The molecule has 2 heterocycles. The Balaban J connectivity index is 1.31. The van der Waals surface area contributed by atoms with E-state index in [9.17, 15) is 4.79 Å². The molecule has 7 nitrogen and oxygen atoms in total. The fourth-order valence-corrected chi connectivity index (χ4v) is 3.16. The predicted molar refractivity (Wildman–Crippen MR) is 108 cm³/mol. The van der Waals surface area contributed by atoms with E-state index in [1.807, 2.05) is 42.5 Å². The number of ether oxygens (including phenoxy) is 3. The SMILES string of the molecule is CC(NCCCOCc1ccco1)C1CN(C(=O)OCc2ccccc2)CCO1. The highest BCUT2D eigenvalue weighted by Gasteiger charge is 2.28. The second-order valence-corrected chi connectivity index (χ2v) is 7.12. The Morgan fingerprint density at radius 1 is 1.24 bits per heavy atom. The van der Waals surface area contributed by atoms with Crippen molar-refractivity contribution < 1.29 is 23.4 Å². The Bertz CT molecular complexity index is 707. The van der Waals surface area contributed by atoms with E-state index in [-0.39, 0.29) is 24.8 Å². The zero-order valence-corrected chi connectivity index (χ0v) is 16.9. The largest absolute Gasteiger partial charge is 0.467 e. The van der Waals surface area contributed by atoms with E-state index in [0.29, 0.717) is 32.9 Å². The van der Waals surface area contributed by atoms with Crippen LogP contribution in [0.3, 0.4) is 0 Å². The van der Waals surface area contributed by atoms with E-state index in [1.54, 1.807) is 11.2 Å². The molecule has 1 N–H and O–H groups in total. The van der Waals surface area contributed by atoms with Gasteiger partial charge in [-0.3, -0.25) is 0 Å². The Labute approximate surface area is 171 Å². The number of nitrogens with zero attached hydrogens (tertiary/aromatic N) is 1. The number of rotatable bonds is 10. The summed E-state index contributed by atoms with van der Waals surface area (Å²) in [5.74, 6) is 0.834. The molecule has 7 heteroatoms. The normalized spacial score (nSPS) is 17.8. The molecule has 1 aromatic heterocycles. The Morgan fingerprint density at radius 2 is 2.10 bits per heavy atom. The van der Waals surface area contributed by atoms with E-state index >= 15 is 0 Å². The molecule has 0 bridgehead atoms. The summed E-state index contributed by atoms with van der Waals surface area (Å²) in [6.07, 6.45) is 2.19. The topological polar surface area (TPSA) is 73.2 Å². The van der Waals surface area contributed by atoms with E-state index in [1.165, 1.54) is 0 Å². The molecule has 3 rings (SSSR count). The van der Waals surface area contributed by atoms with Crippen molar-refractivity contribution in [2.45, 2.75) is 38.7 Å². The lowest BCUT2D eigenvalue weighted by molar-refractivity contribution is -0.0419. The molecular formula is C22H30N2O5. The van der Waals surface area contributed by atoms with Gasteiger partial charge in [-0.15, -0.1) is 0 Å². The number of hydrogen-bond donors (Lipinski definition) is 1. The fourth-order valence-electron chi connectivity index (χ4n) is 3.16. The third-order valence-electron chi connectivity index (χ3n) is 4.87. The third kappa shape index (κ3) is 7.20. The molecular weight excluding hydrogens is 372 g/mol. The number of nitrogens with one attached hydrogen (secondary N) is 1. The summed E-state index contributed by atoms with van der Waals surface area (Å²) in [7, 11) is 0. The van der Waals surface area contributed by atoms with Crippen molar-refractivity contribution in [2.75, 3.05) is 32.8 Å². The van der Waals surface area contributed by atoms with E-state index in [4.69, 9.17) is 18.6 Å². The van der Waals surface area contributed by atoms with Crippen molar-refractivity contribution in [3.63, 3.8) is 0 Å². The van der Waals surface area contributed by atoms with Gasteiger partial charge in [0.1, 0.15) is 19.0 Å². The van der Waals surface area contributed by atoms with Crippen LogP contribution in [0.2, 0.25) is 0 Å². The van der Waals surface area contributed by atoms with Crippen LogP contribution < -0.4 is 5.32 Å². The van der Waals surface area contributed by atoms with E-state index < -0.39 is 0 Å². The van der Waals surface area contributed by atoms with Gasteiger partial charge in [0.2, 0.25) is 0 Å². The van der Waals surface area contributed by atoms with E-state index in [2.05, 4.69) is 12.2 Å². The van der Waals surface area contributed by atoms with Gasteiger partial charge in [-0.1, -0.05) is 30.3 Å². The highest BCUT2D eigenvalue weighted by atomic mass is 16.6. The third-order valence-corrected chi connectivity index (χ3v) is 4.87. The van der Waals surface area contributed by atoms with Crippen molar-refractivity contribution in [1.82, 2.24) is 10.2 Å². The molecule has 1 saturated heterocycles. The lowest BCUT2D eigenvalue weighted by Gasteiger charge is -2.35. The summed E-state index contributed by atoms with van der Waals surface area (Å²) in [6, 6.07) is 13.6. The standard InChI is InChI=1S/C22H30N2O5/c1-18(23-10-6-12-26-17-20-9-5-13-27-20)21-15-24(11-14-28-21)22(25)29-16-19-7-3-2-4-8-19/h2-5,7-9,13,18,21,23H,6,10-12,14-17H2,1H3. The number of carbonyl (C=O) groups excluding carboxylic acids is 1. The maximum absolute atomic E-state index is 12.4. The van der Waals surface area contributed by atoms with Crippen molar-refractivity contribution in [3.05, 3.63) is 60.1 Å². The van der Waals surface area contributed by atoms with Gasteiger partial charge in [-0.05, 0) is 37.6 Å². The van der Waals surface area contributed by atoms with Crippen LogP contribution in [-0.4, -0.2) is 56.0 Å². The molecule has 1 fully saturated rings. The average molecular weight is 402 g/mol. The summed E-state index contributed by atoms with van der Waals surface area (Å²) in [5, 5.41) is 3.46. The van der Waals surface area contributed by atoms with Gasteiger partial charge in [0, 0.05) is 19.2 Å². The highest BCUT2D eigenvalue weighted by Crippen LogP contribution is 2.12. The first-order valence-electron chi connectivity index (χ1n) is 10.1. The van der Waals surface area contributed by atoms with Crippen LogP contribution in [0.1, 0.15) is 24.7 Å². The second-order valence-electron chi connectivity index (χ2n) is 7.12. The summed E-state index contributed by atoms with van der Waals surface area (Å²) in [6.45, 7) is 5.92. The minimum atomic E-state index is -0.291. The number of furan rings is 1. The second kappa shape index (κ2) is 11.6. The van der Waals surface area contributed by atoms with Gasteiger partial charge in [-0.25, -0.2) is 4.79 Å². The van der Waals surface area contributed by atoms with Crippen molar-refractivity contribution in [2.24, 2.45) is 0 Å². The zero-order valence-electron chi connectivity index (χ0n) is 16.9. The summed E-state index contributed by atoms with van der Waals surface area (Å²) in [4.78, 5) is 14.1. The lowest BCUT2D eigenvalue weighted by atomic mass is 10.1. The average Bonchev–Trinajstić information content (AvgIpc) is 3.28. The van der Waals surface area contributed by atoms with Crippen LogP contribution >= 0.6 is 0 Å². The molecule has 2 unspecified atom stereocenters. The minimum absolute atomic E-state index is 0.0583. The molecule has 0 saturated carbocycles. The maximum Gasteiger partial charge on any atom is 0.410 e. The first-order chi connectivity index (χ1) is 14.2. The Kier molecular flexibility index (Phi) is 8.55. The molecule has 2 atom stereocenters. The van der Waals surface area contributed by atoms with Gasteiger partial charge in [0.25, 0.3) is 0 Å². The highest BCUT2D eigenvalue weighted by molar-refractivity contribution is 5.67. The number of amides is 1. The van der Waals surface area contributed by atoms with Crippen LogP contribution in [0.15, 0.2) is 53.1 Å². The molecule has 1 amide bonds. The summed E-state index contributed by atoms with van der Waals surface area (Å²) < 4.78 is 22.1. The maximum atomic E-state index is 12.4. The molecule has 1 aliphatic heterocycles. The molecule has 1 aromatic carbocycles. The van der Waals surface area contributed by atoms with Crippen LogP contribution in [0.4, 0.5) is 4.79 Å². The van der Waals surface area contributed by atoms with Gasteiger partial charge < -0.3 is 28.8 Å². The Morgan fingerprint density at radius 3 is 2.90 bits per heavy atom. The summed E-state index contributed by atoms with van der Waals surface area (Å²) in [5.41, 5.74) is 0.981. The van der Waals surface area contributed by atoms with Gasteiger partial charge in [0.05, 0.1) is 25.5 Å². The minimum Gasteiger partial charge on any atom is -0.467 e. The van der Waals surface area contributed by atoms with E-state index in [0.717, 1.165) is 24.3 Å². The predicted octanol–water partition coefficient (Wildman–Crippen LogP) is 3.20. The lowest BCUT2D eigenvalue weighted by Crippen LogP contribution is -2.53. The van der Waals surface area contributed by atoms with Crippen LogP contribution in [0.25, 0.3) is 0 Å². The van der Waals surface area contributed by atoms with Crippen LogP contribution in [0.5, 0.6) is 0 Å². The van der Waals surface area contributed by atoms with Gasteiger partial charge in [-0.2, -0.15) is 0 Å². The molecule has 158 valence electrons. The smallest absolute Gasteiger partial charge is 0.410 e. The molecule has 29 heavy (non-hydrogen) atoms. The van der Waals surface area contributed by atoms with Crippen molar-refractivity contribution in [1.29, 1.82) is 0 Å². The van der Waals surface area contributed by atoms with Gasteiger partial charge in [0.15, 0.2) is 0 Å². The number of carbonyl (C=O) groups is 1. The monoisotopic (exact) mass is 402 g/mol. The van der Waals surface area contributed by atoms with Crippen LogP contribution in [0, 0.1) is 0 Å². The fraction of sp³-hybridized carbons (Fsp3) is 0.500. The van der Waals surface area contributed by atoms with Crippen LogP contribution in [-0.2, 0) is 27.4 Å². The van der Waals surface area contributed by atoms with Crippen molar-refractivity contribution in [3.8, 4) is 0 Å². The first-order valence-corrected chi connectivity index (χ1v) is 10.1. The van der Waals surface area contributed by atoms with Gasteiger partial charge >= 0.3 is 6.09 Å². The van der Waals surface area contributed by atoms with Crippen molar-refractivity contribution >= 4 is 6.09 Å². The molecule has 0 aliphatic carbocycles.